The van der Waals surface area contributed by atoms with Crippen LogP contribution in [0.2, 0.25) is 0 Å². The fourth-order valence-corrected chi connectivity index (χ4v) is 2.67. The molecular formula is C12H16N4S. The van der Waals surface area contributed by atoms with Crippen molar-refractivity contribution < 1.29 is 0 Å². The first kappa shape index (κ1) is 10.8. The van der Waals surface area contributed by atoms with Gasteiger partial charge < -0.3 is 10.6 Å². The maximum Gasteiger partial charge on any atom is 0.225 e. The van der Waals surface area contributed by atoms with Gasteiger partial charge in [0.15, 0.2) is 0 Å². The average Bonchev–Trinajstić information content (AvgIpc) is 3.04. The summed E-state index contributed by atoms with van der Waals surface area (Å²) in [5, 5.41) is 9.63. The molecule has 0 unspecified atom stereocenters. The Morgan fingerprint density at radius 1 is 1.41 bits per heavy atom. The van der Waals surface area contributed by atoms with Crippen molar-refractivity contribution in [2.75, 3.05) is 24.2 Å². The molecule has 1 aliphatic carbocycles. The van der Waals surface area contributed by atoms with Crippen LogP contribution >= 0.6 is 11.3 Å². The van der Waals surface area contributed by atoms with Crippen LogP contribution in [0.15, 0.2) is 11.4 Å². The normalized spacial score (nSPS) is 15.1. The summed E-state index contributed by atoms with van der Waals surface area (Å²) < 4.78 is 0. The molecule has 90 valence electrons. The van der Waals surface area contributed by atoms with Crippen LogP contribution in [0, 0.1) is 5.92 Å². The molecule has 1 saturated carbocycles. The minimum atomic E-state index is 0.689. The molecule has 0 bridgehead atoms. The summed E-state index contributed by atoms with van der Waals surface area (Å²) in [4.78, 5) is 9.95. The lowest BCUT2D eigenvalue weighted by Crippen LogP contribution is -2.06. The van der Waals surface area contributed by atoms with Crippen LogP contribution in [0.1, 0.15) is 19.3 Å². The van der Waals surface area contributed by atoms with Gasteiger partial charge >= 0.3 is 0 Å². The lowest BCUT2D eigenvalue weighted by atomic mass is 10.3. The molecule has 0 atom stereocenters. The highest BCUT2D eigenvalue weighted by Gasteiger charge is 2.20. The maximum atomic E-state index is 4.48. The van der Waals surface area contributed by atoms with Gasteiger partial charge in [0.25, 0.3) is 0 Å². The van der Waals surface area contributed by atoms with E-state index in [1.807, 2.05) is 7.05 Å². The Balaban J connectivity index is 1.81. The van der Waals surface area contributed by atoms with Crippen molar-refractivity contribution in [1.82, 2.24) is 9.97 Å². The molecule has 5 heteroatoms. The molecule has 2 aromatic heterocycles. The Labute approximate surface area is 104 Å². The quantitative estimate of drug-likeness (QED) is 0.854. The topological polar surface area (TPSA) is 49.8 Å². The van der Waals surface area contributed by atoms with Gasteiger partial charge in [-0.3, -0.25) is 0 Å². The standard InChI is InChI=1S/C12H16N4S/c1-13-12-15-10(14-6-4-8-2-3-8)9-5-7-17-11(9)16-12/h5,7-8H,2-4,6H2,1H3,(H2,13,14,15,16). The Hall–Kier alpha value is -1.36. The van der Waals surface area contributed by atoms with E-state index in [4.69, 9.17) is 0 Å². The summed E-state index contributed by atoms with van der Waals surface area (Å²) in [7, 11) is 1.85. The van der Waals surface area contributed by atoms with E-state index in [2.05, 4.69) is 32.0 Å². The minimum Gasteiger partial charge on any atom is -0.369 e. The zero-order chi connectivity index (χ0) is 11.7. The molecule has 0 saturated heterocycles. The molecule has 3 rings (SSSR count). The van der Waals surface area contributed by atoms with Gasteiger partial charge in [0.05, 0.1) is 5.39 Å². The Kier molecular flexibility index (Phi) is 2.84. The third-order valence-corrected chi connectivity index (χ3v) is 3.90. The van der Waals surface area contributed by atoms with Crippen LogP contribution in [-0.2, 0) is 0 Å². The van der Waals surface area contributed by atoms with Crippen molar-refractivity contribution in [2.45, 2.75) is 19.3 Å². The van der Waals surface area contributed by atoms with E-state index in [1.165, 1.54) is 19.3 Å². The van der Waals surface area contributed by atoms with E-state index in [-0.39, 0.29) is 0 Å². The van der Waals surface area contributed by atoms with Gasteiger partial charge in [-0.2, -0.15) is 4.98 Å². The van der Waals surface area contributed by atoms with Crippen LogP contribution in [0.3, 0.4) is 0 Å². The van der Waals surface area contributed by atoms with Crippen molar-refractivity contribution in [1.29, 1.82) is 0 Å². The fraction of sp³-hybridized carbons (Fsp3) is 0.500. The molecule has 2 N–H and O–H groups in total. The fourth-order valence-electron chi connectivity index (χ4n) is 1.90. The first-order valence-electron chi connectivity index (χ1n) is 6.03. The van der Waals surface area contributed by atoms with Crippen molar-refractivity contribution in [2.24, 2.45) is 5.92 Å². The number of hydrogen-bond acceptors (Lipinski definition) is 5. The molecule has 4 nitrogen and oxygen atoms in total. The number of rotatable bonds is 5. The SMILES string of the molecule is CNc1nc(NCCC2CC2)c2ccsc2n1. The van der Waals surface area contributed by atoms with Crippen molar-refractivity contribution in [3.8, 4) is 0 Å². The molecule has 0 aromatic carbocycles. The lowest BCUT2D eigenvalue weighted by molar-refractivity contribution is 0.759. The number of thiophene rings is 1. The van der Waals surface area contributed by atoms with E-state index in [1.54, 1.807) is 11.3 Å². The van der Waals surface area contributed by atoms with Gasteiger partial charge in [-0.15, -0.1) is 11.3 Å². The molecule has 2 heterocycles. The van der Waals surface area contributed by atoms with Gasteiger partial charge in [0, 0.05) is 13.6 Å². The van der Waals surface area contributed by atoms with Crippen molar-refractivity contribution >= 4 is 33.3 Å². The first-order chi connectivity index (χ1) is 8.36. The minimum absolute atomic E-state index is 0.689. The summed E-state index contributed by atoms with van der Waals surface area (Å²) in [6.45, 7) is 1.01. The summed E-state index contributed by atoms with van der Waals surface area (Å²) in [5.41, 5.74) is 0. The second-order valence-corrected chi connectivity index (χ2v) is 5.34. The largest absolute Gasteiger partial charge is 0.369 e. The Morgan fingerprint density at radius 3 is 3.06 bits per heavy atom. The molecule has 0 amide bonds. The van der Waals surface area contributed by atoms with Crippen LogP contribution in [0.5, 0.6) is 0 Å². The van der Waals surface area contributed by atoms with Gasteiger partial charge in [-0.05, 0) is 23.8 Å². The number of fused-ring (bicyclic) bond motifs is 1. The van der Waals surface area contributed by atoms with E-state index < -0.39 is 0 Å². The van der Waals surface area contributed by atoms with Crippen LogP contribution in [0.4, 0.5) is 11.8 Å². The molecule has 2 aromatic rings. The lowest BCUT2D eigenvalue weighted by Gasteiger charge is -2.08. The van der Waals surface area contributed by atoms with E-state index in [0.717, 1.165) is 28.5 Å². The number of nitrogens with zero attached hydrogens (tertiary/aromatic N) is 2. The second-order valence-electron chi connectivity index (χ2n) is 4.44. The predicted molar refractivity (Wildman–Crippen MR) is 72.8 cm³/mol. The highest BCUT2D eigenvalue weighted by molar-refractivity contribution is 7.16. The predicted octanol–water partition coefficient (Wildman–Crippen LogP) is 2.95. The maximum absolute atomic E-state index is 4.48. The van der Waals surface area contributed by atoms with E-state index in [0.29, 0.717) is 5.95 Å². The van der Waals surface area contributed by atoms with Gasteiger partial charge in [0.2, 0.25) is 5.95 Å². The van der Waals surface area contributed by atoms with Gasteiger partial charge in [0.1, 0.15) is 10.6 Å². The van der Waals surface area contributed by atoms with Gasteiger partial charge in [-0.1, -0.05) is 12.8 Å². The monoisotopic (exact) mass is 248 g/mol. The number of aromatic nitrogens is 2. The van der Waals surface area contributed by atoms with E-state index in [9.17, 15) is 0 Å². The van der Waals surface area contributed by atoms with Gasteiger partial charge in [-0.25, -0.2) is 4.98 Å². The molecule has 1 fully saturated rings. The zero-order valence-corrected chi connectivity index (χ0v) is 10.7. The van der Waals surface area contributed by atoms with Crippen LogP contribution in [0.25, 0.3) is 10.2 Å². The molecule has 0 aliphatic heterocycles. The first-order valence-corrected chi connectivity index (χ1v) is 6.91. The molecule has 0 radical (unpaired) electrons. The zero-order valence-electron chi connectivity index (χ0n) is 9.86. The third-order valence-electron chi connectivity index (χ3n) is 3.09. The van der Waals surface area contributed by atoms with E-state index >= 15 is 0 Å². The Bertz CT molecular complexity index is 518. The summed E-state index contributed by atoms with van der Waals surface area (Å²) in [5.74, 6) is 2.60. The molecule has 17 heavy (non-hydrogen) atoms. The number of anilines is 2. The molecule has 0 spiro atoms. The second kappa shape index (κ2) is 4.49. The smallest absolute Gasteiger partial charge is 0.225 e. The number of nitrogens with one attached hydrogen (secondary N) is 2. The summed E-state index contributed by atoms with van der Waals surface area (Å²) in [6.07, 6.45) is 4.06. The summed E-state index contributed by atoms with van der Waals surface area (Å²) in [6, 6.07) is 2.08. The van der Waals surface area contributed by atoms with Crippen LogP contribution < -0.4 is 10.6 Å². The Morgan fingerprint density at radius 2 is 2.29 bits per heavy atom. The highest BCUT2D eigenvalue weighted by Crippen LogP contribution is 2.32. The summed E-state index contributed by atoms with van der Waals surface area (Å²) >= 11 is 1.65. The average molecular weight is 248 g/mol. The van der Waals surface area contributed by atoms with Crippen molar-refractivity contribution in [3.05, 3.63) is 11.4 Å². The molecular weight excluding hydrogens is 232 g/mol. The molecule has 1 aliphatic rings. The van der Waals surface area contributed by atoms with Crippen molar-refractivity contribution in [3.63, 3.8) is 0 Å². The highest BCUT2D eigenvalue weighted by atomic mass is 32.1. The number of hydrogen-bond donors (Lipinski definition) is 2. The van der Waals surface area contributed by atoms with Crippen LogP contribution in [-0.4, -0.2) is 23.6 Å². The third kappa shape index (κ3) is 2.34.